The van der Waals surface area contributed by atoms with Gasteiger partial charge in [0.1, 0.15) is 0 Å². The van der Waals surface area contributed by atoms with Gasteiger partial charge >= 0.3 is 0 Å². The van der Waals surface area contributed by atoms with Crippen molar-refractivity contribution in [1.29, 1.82) is 0 Å². The monoisotopic (exact) mass is 226 g/mol. The van der Waals surface area contributed by atoms with E-state index in [1.807, 2.05) is 18.2 Å². The first kappa shape index (κ1) is 11.9. The summed E-state index contributed by atoms with van der Waals surface area (Å²) in [6, 6.07) is 7.45. The van der Waals surface area contributed by atoms with Crippen LogP contribution in [-0.2, 0) is 0 Å². The molecule has 1 aromatic rings. The number of oxime groups is 1. The van der Waals surface area contributed by atoms with Crippen LogP contribution in [0.1, 0.15) is 12.0 Å². The summed E-state index contributed by atoms with van der Waals surface area (Å²) in [6.45, 7) is 0.179. The number of hydrogen-bond acceptors (Lipinski definition) is 4. The molecule has 0 atom stereocenters. The Hall–Kier alpha value is -1.20. The number of nitrogens with two attached hydrogens (primary N) is 1. The average molecular weight is 226 g/mol. The Balaban J connectivity index is 2.77. The minimum Gasteiger partial charge on any atom is -0.409 e. The number of rotatable bonds is 5. The number of aliphatic hydroxyl groups excluding tert-OH is 1. The maximum atomic E-state index is 8.67. The van der Waals surface area contributed by atoms with Gasteiger partial charge in [0, 0.05) is 22.8 Å². The maximum Gasteiger partial charge on any atom is 0.171 e. The van der Waals surface area contributed by atoms with E-state index in [1.165, 1.54) is 0 Å². The Labute approximate surface area is 92.8 Å². The van der Waals surface area contributed by atoms with Gasteiger partial charge in [-0.05, 0) is 12.5 Å². The Kier molecular flexibility index (Phi) is 5.00. The molecule has 4 N–H and O–H groups in total. The Morgan fingerprint density at radius 1 is 1.40 bits per heavy atom. The number of benzene rings is 1. The van der Waals surface area contributed by atoms with Crippen molar-refractivity contribution >= 4 is 17.6 Å². The fourth-order valence-electron chi connectivity index (χ4n) is 1.10. The summed E-state index contributed by atoms with van der Waals surface area (Å²) >= 11 is 1.58. The summed E-state index contributed by atoms with van der Waals surface area (Å²) in [7, 11) is 0. The van der Waals surface area contributed by atoms with Gasteiger partial charge < -0.3 is 16.0 Å². The number of thioether (sulfide) groups is 1. The normalized spacial score (nSPS) is 11.7. The third-order valence-corrected chi connectivity index (χ3v) is 2.99. The lowest BCUT2D eigenvalue weighted by Gasteiger charge is -2.06. The van der Waals surface area contributed by atoms with Crippen LogP contribution in [0.5, 0.6) is 0 Å². The summed E-state index contributed by atoms with van der Waals surface area (Å²) in [5.74, 6) is 0.925. The summed E-state index contributed by atoms with van der Waals surface area (Å²) in [5.41, 5.74) is 6.26. The molecule has 0 bridgehead atoms. The van der Waals surface area contributed by atoms with Crippen molar-refractivity contribution < 1.29 is 10.3 Å². The van der Waals surface area contributed by atoms with Crippen LogP contribution in [0.3, 0.4) is 0 Å². The van der Waals surface area contributed by atoms with Crippen molar-refractivity contribution in [2.24, 2.45) is 10.9 Å². The second-order valence-electron chi connectivity index (χ2n) is 2.91. The third-order valence-electron chi connectivity index (χ3n) is 1.83. The van der Waals surface area contributed by atoms with Gasteiger partial charge in [0.25, 0.3) is 0 Å². The van der Waals surface area contributed by atoms with Crippen LogP contribution in [-0.4, -0.2) is 28.5 Å². The molecule has 0 saturated heterocycles. The molecule has 1 rings (SSSR count). The van der Waals surface area contributed by atoms with Crippen molar-refractivity contribution in [3.05, 3.63) is 29.8 Å². The molecule has 15 heavy (non-hydrogen) atoms. The van der Waals surface area contributed by atoms with Gasteiger partial charge in [0.15, 0.2) is 5.84 Å². The van der Waals surface area contributed by atoms with Gasteiger partial charge in [-0.15, -0.1) is 11.8 Å². The number of hydrogen-bond donors (Lipinski definition) is 3. The summed E-state index contributed by atoms with van der Waals surface area (Å²) in [6.07, 6.45) is 0.731. The molecule has 0 aliphatic rings. The van der Waals surface area contributed by atoms with E-state index in [0.29, 0.717) is 0 Å². The fraction of sp³-hybridized carbons (Fsp3) is 0.300. The van der Waals surface area contributed by atoms with Gasteiger partial charge in [-0.1, -0.05) is 23.4 Å². The smallest absolute Gasteiger partial charge is 0.171 e. The van der Waals surface area contributed by atoms with E-state index in [-0.39, 0.29) is 12.4 Å². The lowest BCUT2D eigenvalue weighted by atomic mass is 10.2. The van der Waals surface area contributed by atoms with Gasteiger partial charge in [0.2, 0.25) is 0 Å². The first-order valence-electron chi connectivity index (χ1n) is 4.60. The number of amidine groups is 1. The van der Waals surface area contributed by atoms with E-state index in [9.17, 15) is 0 Å². The lowest BCUT2D eigenvalue weighted by molar-refractivity contribution is 0.296. The highest BCUT2D eigenvalue weighted by atomic mass is 32.2. The molecule has 0 spiro atoms. The summed E-state index contributed by atoms with van der Waals surface area (Å²) < 4.78 is 0. The second kappa shape index (κ2) is 6.31. The molecule has 0 fully saturated rings. The quantitative estimate of drug-likeness (QED) is 0.176. The first-order valence-corrected chi connectivity index (χ1v) is 5.58. The van der Waals surface area contributed by atoms with Crippen molar-refractivity contribution in [1.82, 2.24) is 0 Å². The molecule has 0 aliphatic carbocycles. The SMILES string of the molecule is NC(=NO)c1ccccc1SCCCO. The number of nitrogens with zero attached hydrogens (tertiary/aromatic N) is 1. The highest BCUT2D eigenvalue weighted by molar-refractivity contribution is 7.99. The van der Waals surface area contributed by atoms with Gasteiger partial charge in [-0.2, -0.15) is 0 Å². The van der Waals surface area contributed by atoms with Crippen LogP contribution in [0.25, 0.3) is 0 Å². The lowest BCUT2D eigenvalue weighted by Crippen LogP contribution is -2.14. The Morgan fingerprint density at radius 3 is 2.80 bits per heavy atom. The van der Waals surface area contributed by atoms with E-state index in [0.717, 1.165) is 22.6 Å². The Bertz CT molecular complexity index is 342. The van der Waals surface area contributed by atoms with Gasteiger partial charge in [-0.3, -0.25) is 0 Å². The van der Waals surface area contributed by atoms with E-state index in [4.69, 9.17) is 16.0 Å². The molecule has 0 unspecified atom stereocenters. The fourth-order valence-corrected chi connectivity index (χ4v) is 2.10. The Morgan fingerprint density at radius 2 is 2.13 bits per heavy atom. The average Bonchev–Trinajstić information content (AvgIpc) is 2.29. The molecule has 4 nitrogen and oxygen atoms in total. The zero-order valence-electron chi connectivity index (χ0n) is 8.26. The van der Waals surface area contributed by atoms with E-state index >= 15 is 0 Å². The van der Waals surface area contributed by atoms with Crippen molar-refractivity contribution in [2.45, 2.75) is 11.3 Å². The van der Waals surface area contributed by atoms with Crippen molar-refractivity contribution in [3.8, 4) is 0 Å². The minimum absolute atomic E-state index is 0.113. The second-order valence-corrected chi connectivity index (χ2v) is 4.04. The summed E-state index contributed by atoms with van der Waals surface area (Å²) in [5, 5.41) is 20.2. The van der Waals surface area contributed by atoms with E-state index in [1.54, 1.807) is 17.8 Å². The standard InChI is InChI=1S/C10H14N2O2S/c11-10(12-14)8-4-1-2-5-9(8)15-7-3-6-13/h1-2,4-5,13-14H,3,6-7H2,(H2,11,12). The molecule has 0 aromatic heterocycles. The van der Waals surface area contributed by atoms with Crippen molar-refractivity contribution in [2.75, 3.05) is 12.4 Å². The molecule has 0 amide bonds. The highest BCUT2D eigenvalue weighted by Gasteiger charge is 2.05. The van der Waals surface area contributed by atoms with Crippen LogP contribution < -0.4 is 5.73 Å². The highest BCUT2D eigenvalue weighted by Crippen LogP contribution is 2.22. The zero-order valence-corrected chi connectivity index (χ0v) is 9.07. The van der Waals surface area contributed by atoms with Crippen molar-refractivity contribution in [3.63, 3.8) is 0 Å². The molecule has 5 heteroatoms. The molecule has 1 aromatic carbocycles. The third kappa shape index (κ3) is 3.45. The molecular weight excluding hydrogens is 212 g/mol. The molecule has 0 heterocycles. The molecule has 82 valence electrons. The van der Waals surface area contributed by atoms with E-state index in [2.05, 4.69) is 5.16 Å². The zero-order chi connectivity index (χ0) is 11.1. The predicted molar refractivity (Wildman–Crippen MR) is 61.4 cm³/mol. The minimum atomic E-state index is 0.113. The maximum absolute atomic E-state index is 8.67. The topological polar surface area (TPSA) is 78.8 Å². The van der Waals surface area contributed by atoms with Crippen LogP contribution in [0, 0.1) is 0 Å². The van der Waals surface area contributed by atoms with Crippen LogP contribution >= 0.6 is 11.8 Å². The van der Waals surface area contributed by atoms with Gasteiger partial charge in [0.05, 0.1) is 0 Å². The molecule has 0 radical (unpaired) electrons. The van der Waals surface area contributed by atoms with Crippen LogP contribution in [0.4, 0.5) is 0 Å². The first-order chi connectivity index (χ1) is 7.29. The number of aliphatic hydroxyl groups is 1. The molecule has 0 aliphatic heterocycles. The van der Waals surface area contributed by atoms with E-state index < -0.39 is 0 Å². The molecular formula is C10H14N2O2S. The molecule has 0 saturated carbocycles. The van der Waals surface area contributed by atoms with Crippen LogP contribution in [0.2, 0.25) is 0 Å². The van der Waals surface area contributed by atoms with Crippen LogP contribution in [0.15, 0.2) is 34.3 Å². The largest absolute Gasteiger partial charge is 0.409 e. The predicted octanol–water partition coefficient (Wildman–Crippen LogP) is 1.26. The van der Waals surface area contributed by atoms with Gasteiger partial charge in [-0.25, -0.2) is 0 Å². The summed E-state index contributed by atoms with van der Waals surface area (Å²) in [4.78, 5) is 0.959.